The van der Waals surface area contributed by atoms with Crippen molar-refractivity contribution in [2.75, 3.05) is 0 Å². The zero-order valence-electron chi connectivity index (χ0n) is 35.5. The molecule has 0 spiro atoms. The molecular weight excluding hydrogens is 807 g/mol. The van der Waals surface area contributed by atoms with E-state index in [0.717, 1.165) is 117 Å². The lowest BCUT2D eigenvalue weighted by Gasteiger charge is -2.27. The molecule has 0 amide bonds. The highest BCUT2D eigenvalue weighted by Crippen LogP contribution is 2.50. The Morgan fingerprint density at radius 1 is 0.439 bits per heavy atom. The average molecular weight is 842 g/mol. The Bertz CT molecular complexity index is 4330. The van der Waals surface area contributed by atoms with Crippen LogP contribution in [0.25, 0.3) is 121 Å². The van der Waals surface area contributed by atoms with Crippen molar-refractivity contribution in [2.45, 2.75) is 12.8 Å². The molecular formula is C60H35N5O. The van der Waals surface area contributed by atoms with Gasteiger partial charge in [-0.05, 0) is 77.9 Å². The van der Waals surface area contributed by atoms with Gasteiger partial charge in [-0.3, -0.25) is 0 Å². The fraction of sp³-hybridized carbons (Fsp3) is 0.0333. The number of benzene rings is 9. The lowest BCUT2D eigenvalue weighted by Crippen LogP contribution is -2.15. The minimum atomic E-state index is 0.394. The zero-order chi connectivity index (χ0) is 43.6. The maximum atomic E-state index is 12.2. The number of para-hydroxylation sites is 5. The maximum Gasteiger partial charge on any atom is 0.135 e. The topological polar surface area (TPSA) is 75.5 Å². The van der Waals surface area contributed by atoms with Gasteiger partial charge in [0.2, 0.25) is 0 Å². The third-order valence-electron chi connectivity index (χ3n) is 14.0. The van der Waals surface area contributed by atoms with Crippen LogP contribution in [0, 0.1) is 22.7 Å². The summed E-state index contributed by atoms with van der Waals surface area (Å²) in [6.07, 6.45) is 6.25. The number of aromatic nitrogens is 3. The Hall–Kier alpha value is -9.10. The number of nitriles is 2. The monoisotopic (exact) mass is 841 g/mol. The molecule has 0 radical (unpaired) electrons. The highest BCUT2D eigenvalue weighted by atomic mass is 16.3. The molecule has 1 aliphatic rings. The third-order valence-corrected chi connectivity index (χ3v) is 14.0. The molecule has 306 valence electrons. The number of hydrogen-bond donors (Lipinski definition) is 0. The molecule has 0 fully saturated rings. The van der Waals surface area contributed by atoms with Gasteiger partial charge in [-0.15, -0.1) is 0 Å². The smallest absolute Gasteiger partial charge is 0.135 e. The molecule has 1 aliphatic carbocycles. The van der Waals surface area contributed by atoms with E-state index in [4.69, 9.17) is 4.42 Å². The van der Waals surface area contributed by atoms with E-state index in [1.165, 1.54) is 5.56 Å². The zero-order valence-corrected chi connectivity index (χ0v) is 35.5. The second-order valence-corrected chi connectivity index (χ2v) is 17.3. The van der Waals surface area contributed by atoms with Crippen LogP contribution in [0.3, 0.4) is 0 Å². The first-order chi connectivity index (χ1) is 32.7. The fourth-order valence-electron chi connectivity index (χ4n) is 11.3. The largest absolute Gasteiger partial charge is 0.456 e. The van der Waals surface area contributed by atoms with Crippen molar-refractivity contribution >= 4 is 93.3 Å². The molecule has 0 aliphatic heterocycles. The summed E-state index contributed by atoms with van der Waals surface area (Å²) in [5.41, 5.74) is 13.0. The molecule has 0 saturated heterocycles. The SMILES string of the molecule is N#Cc1c(-n2c3c(c4ccccc42)CCC=C3)c(-c2ccc3oc4ccccc4c3c2)c(-n2c3ccccc3c3ccccc32)c(C#N)c1-n1c2ccccc2c2ccc3ccccc3c21. The van der Waals surface area contributed by atoms with Gasteiger partial charge in [-0.25, -0.2) is 0 Å². The van der Waals surface area contributed by atoms with Gasteiger partial charge in [0.25, 0.3) is 0 Å². The quantitative estimate of drug-likeness (QED) is 0.177. The number of hydrogen-bond acceptors (Lipinski definition) is 3. The molecule has 13 aromatic rings. The van der Waals surface area contributed by atoms with E-state index in [9.17, 15) is 10.5 Å². The molecule has 0 bridgehead atoms. The number of furan rings is 1. The van der Waals surface area contributed by atoms with Crippen LogP contribution in [0.15, 0.2) is 186 Å². The van der Waals surface area contributed by atoms with E-state index in [-0.39, 0.29) is 0 Å². The number of nitrogens with zero attached hydrogens (tertiary/aromatic N) is 5. The minimum Gasteiger partial charge on any atom is -0.456 e. The number of rotatable bonds is 4. The van der Waals surface area contributed by atoms with Gasteiger partial charge in [0.15, 0.2) is 0 Å². The molecule has 6 heteroatoms. The van der Waals surface area contributed by atoms with Crippen LogP contribution in [-0.2, 0) is 6.42 Å². The lowest BCUT2D eigenvalue weighted by molar-refractivity contribution is 0.669. The minimum absolute atomic E-state index is 0.394. The fourth-order valence-corrected chi connectivity index (χ4v) is 11.3. The summed E-state index contributed by atoms with van der Waals surface area (Å²) >= 11 is 0. The first kappa shape index (κ1) is 36.4. The van der Waals surface area contributed by atoms with Crippen molar-refractivity contribution in [1.29, 1.82) is 10.5 Å². The predicted molar refractivity (Wildman–Crippen MR) is 269 cm³/mol. The molecule has 6 nitrogen and oxygen atoms in total. The first-order valence-corrected chi connectivity index (χ1v) is 22.4. The van der Waals surface area contributed by atoms with Crippen molar-refractivity contribution in [2.24, 2.45) is 0 Å². The number of fused-ring (bicyclic) bond motifs is 14. The summed E-state index contributed by atoms with van der Waals surface area (Å²) < 4.78 is 13.3. The summed E-state index contributed by atoms with van der Waals surface area (Å²) in [5, 5.41) is 33.9. The van der Waals surface area contributed by atoms with Crippen LogP contribution in [0.2, 0.25) is 0 Å². The average Bonchev–Trinajstić information content (AvgIpc) is 4.12. The Morgan fingerprint density at radius 3 is 1.68 bits per heavy atom. The van der Waals surface area contributed by atoms with E-state index in [1.54, 1.807) is 0 Å². The molecule has 4 aromatic heterocycles. The van der Waals surface area contributed by atoms with Crippen LogP contribution in [0.4, 0.5) is 0 Å². The first-order valence-electron chi connectivity index (χ1n) is 22.4. The van der Waals surface area contributed by atoms with E-state index < -0.39 is 0 Å². The highest BCUT2D eigenvalue weighted by molar-refractivity contribution is 6.20. The van der Waals surface area contributed by atoms with Crippen molar-refractivity contribution < 1.29 is 4.42 Å². The van der Waals surface area contributed by atoms with Crippen molar-refractivity contribution in [3.8, 4) is 40.3 Å². The molecule has 14 rings (SSSR count). The van der Waals surface area contributed by atoms with Gasteiger partial charge in [-0.1, -0.05) is 140 Å². The standard InChI is InChI=1S/C60H35N5O/c61-34-47-58(65-53-27-13-7-21-43(53)45-31-29-36-15-1-2-16-38(36)57(45)65)48(35-62)60(64-51-25-11-5-19-41(51)42-20-6-12-26-52(42)64)56(37-30-32-55-46(33-37)44-22-8-14-28-54(44)66-55)59(47)63-49-23-9-3-17-39(49)40-18-4-10-24-50(40)63/h1-5,7-19,21-33H,6,20H2. The number of aryl methyl sites for hydroxylation is 1. The molecule has 9 aromatic carbocycles. The summed E-state index contributed by atoms with van der Waals surface area (Å²) in [6, 6.07) is 66.7. The molecule has 4 heterocycles. The van der Waals surface area contributed by atoms with E-state index in [0.29, 0.717) is 28.2 Å². The second-order valence-electron chi connectivity index (χ2n) is 17.3. The van der Waals surface area contributed by atoms with Gasteiger partial charge in [0, 0.05) is 54.3 Å². The molecule has 0 unspecified atom stereocenters. The summed E-state index contributed by atoms with van der Waals surface area (Å²) in [7, 11) is 0. The highest BCUT2D eigenvalue weighted by Gasteiger charge is 2.34. The summed E-state index contributed by atoms with van der Waals surface area (Å²) in [4.78, 5) is 0. The maximum absolute atomic E-state index is 12.2. The van der Waals surface area contributed by atoms with Gasteiger partial charge < -0.3 is 18.1 Å². The van der Waals surface area contributed by atoms with Crippen LogP contribution in [0.5, 0.6) is 0 Å². The van der Waals surface area contributed by atoms with E-state index in [1.807, 2.05) is 30.3 Å². The molecule has 0 saturated carbocycles. The number of allylic oxidation sites excluding steroid dienone is 1. The van der Waals surface area contributed by atoms with Crippen LogP contribution >= 0.6 is 0 Å². The van der Waals surface area contributed by atoms with Crippen LogP contribution < -0.4 is 0 Å². The van der Waals surface area contributed by atoms with E-state index in [2.05, 4.69) is 184 Å². The van der Waals surface area contributed by atoms with Gasteiger partial charge in [0.05, 0.1) is 44.6 Å². The lowest BCUT2D eigenvalue weighted by atomic mass is 9.90. The Labute approximate surface area is 377 Å². The predicted octanol–water partition coefficient (Wildman–Crippen LogP) is 15.2. The van der Waals surface area contributed by atoms with Gasteiger partial charge in [0.1, 0.15) is 34.4 Å². The Balaban J connectivity index is 1.30. The molecule has 0 N–H and O–H groups in total. The van der Waals surface area contributed by atoms with Crippen LogP contribution in [0.1, 0.15) is 28.8 Å². The van der Waals surface area contributed by atoms with Gasteiger partial charge in [-0.2, -0.15) is 10.5 Å². The third kappa shape index (κ3) is 4.82. The van der Waals surface area contributed by atoms with Gasteiger partial charge >= 0.3 is 0 Å². The normalized spacial score (nSPS) is 12.6. The van der Waals surface area contributed by atoms with E-state index >= 15 is 0 Å². The van der Waals surface area contributed by atoms with Crippen molar-refractivity contribution in [3.05, 3.63) is 204 Å². The molecule has 0 atom stereocenters. The van der Waals surface area contributed by atoms with Crippen molar-refractivity contribution in [3.63, 3.8) is 0 Å². The van der Waals surface area contributed by atoms with Crippen LogP contribution in [-0.4, -0.2) is 13.7 Å². The van der Waals surface area contributed by atoms with Crippen molar-refractivity contribution in [1.82, 2.24) is 13.7 Å². The second kappa shape index (κ2) is 13.7. The Kier molecular flexibility index (Phi) is 7.55. The summed E-state index contributed by atoms with van der Waals surface area (Å²) in [5.74, 6) is 0. The molecule has 66 heavy (non-hydrogen) atoms. The summed E-state index contributed by atoms with van der Waals surface area (Å²) in [6.45, 7) is 0. The Morgan fingerprint density at radius 2 is 0.985 bits per heavy atom.